The van der Waals surface area contributed by atoms with Crippen LogP contribution in [-0.2, 0) is 27.7 Å². The smallest absolute Gasteiger partial charge is 0.463 e. The van der Waals surface area contributed by atoms with E-state index in [1.807, 2.05) is 0 Å². The second kappa shape index (κ2) is 5.80. The summed E-state index contributed by atoms with van der Waals surface area (Å²) in [5.74, 6) is -0.971. The molecule has 0 aromatic heterocycles. The molecular formula is C7H13O6P. The Morgan fingerprint density at radius 2 is 1.71 bits per heavy atom. The molecule has 14 heavy (non-hydrogen) atoms. The molecule has 0 radical (unpaired) electrons. The van der Waals surface area contributed by atoms with Crippen LogP contribution in [-0.4, -0.2) is 27.3 Å². The van der Waals surface area contributed by atoms with Crippen LogP contribution in [0.1, 0.15) is 6.92 Å². The Balaban J connectivity index is 4.63. The average molecular weight is 224 g/mol. The fraction of sp³-hybridized carbons (Fsp3) is 0.571. The molecule has 0 amide bonds. The van der Waals surface area contributed by atoms with Crippen molar-refractivity contribution >= 4 is 13.8 Å². The molecule has 0 N–H and O–H groups in total. The van der Waals surface area contributed by atoms with Gasteiger partial charge in [0.05, 0.1) is 7.11 Å². The first-order valence-electron chi connectivity index (χ1n) is 3.68. The zero-order chi connectivity index (χ0) is 11.2. The number of hydrogen-bond acceptors (Lipinski definition) is 6. The first-order valence-corrected chi connectivity index (χ1v) is 5.14. The van der Waals surface area contributed by atoms with Crippen LogP contribution in [0.3, 0.4) is 0 Å². The lowest BCUT2D eigenvalue weighted by Gasteiger charge is -2.14. The number of hydrogen-bond donors (Lipinski definition) is 0. The summed E-state index contributed by atoms with van der Waals surface area (Å²) in [6.45, 7) is 1.53. The molecule has 0 rings (SSSR count). The molecule has 7 heteroatoms. The molecule has 0 saturated heterocycles. The summed E-state index contributed by atoms with van der Waals surface area (Å²) in [5.41, 5.74) is 0. The average Bonchev–Trinajstić information content (AvgIpc) is 2.24. The van der Waals surface area contributed by atoms with Gasteiger partial charge in [-0.15, -0.1) is 0 Å². The van der Waals surface area contributed by atoms with Gasteiger partial charge in [-0.1, -0.05) is 0 Å². The van der Waals surface area contributed by atoms with E-state index in [1.54, 1.807) is 0 Å². The quantitative estimate of drug-likeness (QED) is 0.305. The second-order valence-corrected chi connectivity index (χ2v) is 3.86. The lowest BCUT2D eigenvalue weighted by molar-refractivity contribution is -0.138. The van der Waals surface area contributed by atoms with Crippen LogP contribution in [0.25, 0.3) is 0 Å². The van der Waals surface area contributed by atoms with E-state index in [-0.39, 0.29) is 5.76 Å². The highest BCUT2D eigenvalue weighted by molar-refractivity contribution is 7.48. The SMILES string of the molecule is CC=C(OP(=O)(OC)OC)C(=O)OC. The Morgan fingerprint density at radius 1 is 1.21 bits per heavy atom. The summed E-state index contributed by atoms with van der Waals surface area (Å²) in [4.78, 5) is 11.0. The van der Waals surface area contributed by atoms with E-state index in [2.05, 4.69) is 13.8 Å². The lowest BCUT2D eigenvalue weighted by Crippen LogP contribution is -2.08. The molecule has 0 spiro atoms. The number of allylic oxidation sites excluding steroid dienone is 1. The van der Waals surface area contributed by atoms with Crippen LogP contribution in [0.4, 0.5) is 0 Å². The van der Waals surface area contributed by atoms with Crippen molar-refractivity contribution in [3.8, 4) is 0 Å². The zero-order valence-electron chi connectivity index (χ0n) is 8.47. The number of phosphoric ester groups is 1. The summed E-state index contributed by atoms with van der Waals surface area (Å²) >= 11 is 0. The van der Waals surface area contributed by atoms with Gasteiger partial charge in [0.2, 0.25) is 5.76 Å². The van der Waals surface area contributed by atoms with E-state index in [0.29, 0.717) is 0 Å². The largest absolute Gasteiger partial charge is 0.529 e. The molecule has 82 valence electrons. The Labute approximate surface area is 82.4 Å². The van der Waals surface area contributed by atoms with Crippen LogP contribution in [0, 0.1) is 0 Å². The topological polar surface area (TPSA) is 71.1 Å². The lowest BCUT2D eigenvalue weighted by atomic mass is 10.5. The summed E-state index contributed by atoms with van der Waals surface area (Å²) in [6.07, 6.45) is 1.30. The highest BCUT2D eigenvalue weighted by atomic mass is 31.2. The molecule has 0 aliphatic heterocycles. The molecule has 0 aliphatic rings. The molecule has 0 aromatic rings. The van der Waals surface area contributed by atoms with Crippen molar-refractivity contribution in [1.29, 1.82) is 0 Å². The zero-order valence-corrected chi connectivity index (χ0v) is 9.37. The molecule has 0 fully saturated rings. The molecule has 0 bridgehead atoms. The Hall–Kier alpha value is -0.840. The number of phosphoric acid groups is 1. The van der Waals surface area contributed by atoms with E-state index in [0.717, 1.165) is 14.2 Å². The third kappa shape index (κ3) is 3.49. The summed E-state index contributed by atoms with van der Waals surface area (Å²) < 4.78 is 29.5. The summed E-state index contributed by atoms with van der Waals surface area (Å²) in [5, 5.41) is 0. The van der Waals surface area contributed by atoms with E-state index < -0.39 is 13.8 Å². The molecule has 0 unspecified atom stereocenters. The van der Waals surface area contributed by atoms with Gasteiger partial charge in [-0.05, 0) is 13.0 Å². The van der Waals surface area contributed by atoms with E-state index in [1.165, 1.54) is 20.1 Å². The minimum Gasteiger partial charge on any atom is -0.463 e. The van der Waals surface area contributed by atoms with Crippen molar-refractivity contribution in [3.63, 3.8) is 0 Å². The van der Waals surface area contributed by atoms with E-state index >= 15 is 0 Å². The highest BCUT2D eigenvalue weighted by Crippen LogP contribution is 2.49. The fourth-order valence-electron chi connectivity index (χ4n) is 0.578. The molecule has 0 saturated carbocycles. The van der Waals surface area contributed by atoms with Gasteiger partial charge in [0.1, 0.15) is 0 Å². The molecule has 0 heterocycles. The van der Waals surface area contributed by atoms with Crippen LogP contribution >= 0.6 is 7.82 Å². The van der Waals surface area contributed by atoms with Gasteiger partial charge in [0.15, 0.2) is 0 Å². The van der Waals surface area contributed by atoms with Crippen molar-refractivity contribution in [1.82, 2.24) is 0 Å². The van der Waals surface area contributed by atoms with Crippen LogP contribution in [0.5, 0.6) is 0 Å². The Bertz CT molecular complexity index is 263. The minimum absolute atomic E-state index is 0.223. The molecular weight excluding hydrogens is 211 g/mol. The van der Waals surface area contributed by atoms with Gasteiger partial charge >= 0.3 is 13.8 Å². The first kappa shape index (κ1) is 13.2. The van der Waals surface area contributed by atoms with Gasteiger partial charge in [-0.25, -0.2) is 9.36 Å². The van der Waals surface area contributed by atoms with Crippen LogP contribution in [0.15, 0.2) is 11.8 Å². The van der Waals surface area contributed by atoms with Crippen molar-refractivity contribution in [3.05, 3.63) is 11.8 Å². The minimum atomic E-state index is -3.69. The normalized spacial score (nSPS) is 12.4. The Kier molecular flexibility index (Phi) is 5.45. The van der Waals surface area contributed by atoms with E-state index in [9.17, 15) is 9.36 Å². The van der Waals surface area contributed by atoms with Gasteiger partial charge in [-0.2, -0.15) is 0 Å². The third-order valence-corrected chi connectivity index (χ3v) is 2.62. The van der Waals surface area contributed by atoms with Crippen molar-refractivity contribution < 1.29 is 27.7 Å². The van der Waals surface area contributed by atoms with Crippen molar-refractivity contribution in [2.45, 2.75) is 6.92 Å². The van der Waals surface area contributed by atoms with E-state index in [4.69, 9.17) is 4.52 Å². The number of esters is 1. The van der Waals surface area contributed by atoms with Gasteiger partial charge in [0.25, 0.3) is 0 Å². The number of rotatable bonds is 5. The molecule has 6 nitrogen and oxygen atoms in total. The maximum absolute atomic E-state index is 11.4. The Morgan fingerprint density at radius 3 is 2.00 bits per heavy atom. The van der Waals surface area contributed by atoms with Crippen molar-refractivity contribution in [2.75, 3.05) is 21.3 Å². The summed E-state index contributed by atoms with van der Waals surface area (Å²) in [6, 6.07) is 0. The maximum Gasteiger partial charge on any atom is 0.529 e. The second-order valence-electron chi connectivity index (χ2n) is 2.05. The maximum atomic E-state index is 11.4. The molecule has 0 aliphatic carbocycles. The molecule has 0 atom stereocenters. The first-order chi connectivity index (χ1) is 6.52. The number of methoxy groups -OCH3 is 1. The third-order valence-electron chi connectivity index (χ3n) is 1.31. The van der Waals surface area contributed by atoms with Crippen molar-refractivity contribution in [2.24, 2.45) is 0 Å². The standard InChI is InChI=1S/C7H13O6P/c1-5-6(7(8)10-2)13-14(9,11-3)12-4/h5H,1-4H3. The molecule has 0 aromatic carbocycles. The summed E-state index contributed by atoms with van der Waals surface area (Å²) in [7, 11) is -0.214. The highest BCUT2D eigenvalue weighted by Gasteiger charge is 2.28. The number of ether oxygens (including phenoxy) is 1. The predicted molar refractivity (Wildman–Crippen MR) is 48.5 cm³/mol. The monoisotopic (exact) mass is 224 g/mol. The van der Waals surface area contributed by atoms with Crippen LogP contribution in [0.2, 0.25) is 0 Å². The van der Waals surface area contributed by atoms with Gasteiger partial charge < -0.3 is 9.26 Å². The fourth-order valence-corrected chi connectivity index (χ4v) is 1.30. The van der Waals surface area contributed by atoms with Gasteiger partial charge in [0, 0.05) is 14.2 Å². The number of carbonyl (C=O) groups excluding carboxylic acids is 1. The van der Waals surface area contributed by atoms with Gasteiger partial charge in [-0.3, -0.25) is 9.05 Å². The predicted octanol–water partition coefficient (Wildman–Crippen LogP) is 1.48. The number of carbonyl (C=O) groups is 1. The van der Waals surface area contributed by atoms with Crippen LogP contribution < -0.4 is 0 Å².